The fourth-order valence-corrected chi connectivity index (χ4v) is 3.79. The summed E-state index contributed by atoms with van der Waals surface area (Å²) >= 11 is 0. The van der Waals surface area contributed by atoms with Gasteiger partial charge in [-0.15, -0.1) is 5.10 Å². The van der Waals surface area contributed by atoms with E-state index in [4.69, 9.17) is 0 Å². The monoisotopic (exact) mass is 344 g/mol. The maximum atomic E-state index is 12.5. The molecule has 0 spiro atoms. The van der Waals surface area contributed by atoms with Crippen LogP contribution in [0.25, 0.3) is 5.65 Å². The predicted octanol–water partition coefficient (Wildman–Crippen LogP) is -0.608. The van der Waals surface area contributed by atoms with Crippen LogP contribution in [-0.2, 0) is 11.3 Å². The molecule has 4 heterocycles. The summed E-state index contributed by atoms with van der Waals surface area (Å²) in [6.45, 7) is 6.12. The molecule has 4 rings (SSSR count). The highest BCUT2D eigenvalue weighted by Gasteiger charge is 2.30. The number of fused-ring (bicyclic) bond motifs is 1. The van der Waals surface area contributed by atoms with Crippen LogP contribution in [0.15, 0.2) is 29.2 Å². The average molecular weight is 344 g/mol. The lowest BCUT2D eigenvalue weighted by molar-refractivity contribution is -0.130. The Morgan fingerprint density at radius 1 is 1.24 bits per heavy atom. The molecule has 8 heteroatoms. The number of aromatic nitrogens is 3. The number of nitrogens with one attached hydrogen (secondary N) is 1. The minimum atomic E-state index is -0.191. The Bertz CT molecular complexity index is 807. The number of hydrogen-bond acceptors (Lipinski definition) is 5. The Labute approximate surface area is 146 Å². The van der Waals surface area contributed by atoms with Gasteiger partial charge < -0.3 is 10.2 Å². The van der Waals surface area contributed by atoms with Gasteiger partial charge in [0.2, 0.25) is 5.91 Å². The smallest absolute Gasteiger partial charge is 0.341 e. The molecule has 1 atom stereocenters. The molecule has 2 aromatic rings. The molecule has 0 aliphatic carbocycles. The van der Waals surface area contributed by atoms with Crippen LogP contribution in [0.4, 0.5) is 0 Å². The van der Waals surface area contributed by atoms with Crippen LogP contribution >= 0.6 is 0 Å². The van der Waals surface area contributed by atoms with Gasteiger partial charge in [0, 0.05) is 57.9 Å². The Morgan fingerprint density at radius 2 is 2.08 bits per heavy atom. The first-order valence-electron chi connectivity index (χ1n) is 8.99. The number of carbonyl (C=O) groups is 1. The number of aryl methyl sites for hydroxylation is 1. The quantitative estimate of drug-likeness (QED) is 0.801. The second-order valence-electron chi connectivity index (χ2n) is 6.75. The molecule has 2 aliphatic rings. The fraction of sp³-hybridized carbons (Fsp3) is 0.588. The van der Waals surface area contributed by atoms with Crippen LogP contribution < -0.4 is 11.0 Å². The molecule has 2 fully saturated rings. The van der Waals surface area contributed by atoms with Crippen LogP contribution in [0.3, 0.4) is 0 Å². The molecular weight excluding hydrogens is 320 g/mol. The third kappa shape index (κ3) is 3.32. The highest BCUT2D eigenvalue weighted by atomic mass is 16.2. The van der Waals surface area contributed by atoms with E-state index < -0.39 is 0 Å². The number of nitrogens with zero attached hydrogens (tertiary/aromatic N) is 5. The topological polar surface area (TPSA) is 74.9 Å². The summed E-state index contributed by atoms with van der Waals surface area (Å²) in [4.78, 5) is 29.2. The number of rotatable bonds is 4. The molecule has 2 aliphatic heterocycles. The second kappa shape index (κ2) is 6.97. The van der Waals surface area contributed by atoms with E-state index in [9.17, 15) is 9.59 Å². The van der Waals surface area contributed by atoms with Gasteiger partial charge in [0.15, 0.2) is 5.65 Å². The van der Waals surface area contributed by atoms with Gasteiger partial charge in [-0.1, -0.05) is 6.07 Å². The zero-order valence-corrected chi connectivity index (χ0v) is 14.3. The van der Waals surface area contributed by atoms with Gasteiger partial charge in [0.25, 0.3) is 0 Å². The van der Waals surface area contributed by atoms with E-state index in [2.05, 4.69) is 15.3 Å². The van der Waals surface area contributed by atoms with E-state index in [-0.39, 0.29) is 11.6 Å². The Balaban J connectivity index is 1.34. The van der Waals surface area contributed by atoms with Crippen molar-refractivity contribution in [3.8, 4) is 0 Å². The standard InChI is InChI=1S/C17H24N6O2/c24-16(21-9-4-14(13-21)20-11-6-18-7-12-20)5-10-23-17(25)22-8-2-1-3-15(22)19-23/h1-3,8,14,18H,4-7,9-13H2. The normalized spacial score (nSPS) is 21.9. The lowest BCUT2D eigenvalue weighted by Gasteiger charge is -2.32. The summed E-state index contributed by atoms with van der Waals surface area (Å²) in [6.07, 6.45) is 3.06. The van der Waals surface area contributed by atoms with Crippen molar-refractivity contribution in [2.45, 2.75) is 25.4 Å². The molecular formula is C17H24N6O2. The van der Waals surface area contributed by atoms with Crippen molar-refractivity contribution in [1.82, 2.24) is 29.3 Å². The van der Waals surface area contributed by atoms with Gasteiger partial charge in [-0.05, 0) is 18.6 Å². The van der Waals surface area contributed by atoms with E-state index in [1.807, 2.05) is 11.0 Å². The van der Waals surface area contributed by atoms with Crippen molar-refractivity contribution >= 4 is 11.6 Å². The third-order valence-electron chi connectivity index (χ3n) is 5.21. The summed E-state index contributed by atoms with van der Waals surface area (Å²) in [6, 6.07) is 5.91. The summed E-state index contributed by atoms with van der Waals surface area (Å²) in [5.74, 6) is 0.113. The minimum Gasteiger partial charge on any atom is -0.341 e. The third-order valence-corrected chi connectivity index (χ3v) is 5.21. The van der Waals surface area contributed by atoms with Gasteiger partial charge in [0.05, 0.1) is 6.54 Å². The van der Waals surface area contributed by atoms with Crippen LogP contribution in [0, 0.1) is 0 Å². The predicted molar refractivity (Wildman–Crippen MR) is 93.5 cm³/mol. The lowest BCUT2D eigenvalue weighted by atomic mass is 10.2. The van der Waals surface area contributed by atoms with Crippen LogP contribution in [-0.4, -0.2) is 75.2 Å². The number of amides is 1. The fourth-order valence-electron chi connectivity index (χ4n) is 3.79. The average Bonchev–Trinajstić information content (AvgIpc) is 3.26. The molecule has 2 aromatic heterocycles. The first-order chi connectivity index (χ1) is 12.2. The van der Waals surface area contributed by atoms with Crippen molar-refractivity contribution in [1.29, 1.82) is 0 Å². The summed E-state index contributed by atoms with van der Waals surface area (Å²) in [5.41, 5.74) is 0.420. The molecule has 0 radical (unpaired) electrons. The SMILES string of the molecule is O=C(CCn1nc2ccccn2c1=O)N1CCC(N2CCNCC2)C1. The lowest BCUT2D eigenvalue weighted by Crippen LogP contribution is -2.49. The number of carbonyl (C=O) groups excluding carboxylic acids is 1. The number of hydrogen-bond donors (Lipinski definition) is 1. The summed E-state index contributed by atoms with van der Waals surface area (Å²) in [5, 5.41) is 7.64. The summed E-state index contributed by atoms with van der Waals surface area (Å²) in [7, 11) is 0. The molecule has 2 saturated heterocycles. The maximum absolute atomic E-state index is 12.5. The molecule has 134 valence electrons. The van der Waals surface area contributed by atoms with Crippen LogP contribution in [0.1, 0.15) is 12.8 Å². The van der Waals surface area contributed by atoms with Crippen molar-refractivity contribution in [2.24, 2.45) is 0 Å². The largest absolute Gasteiger partial charge is 0.350 e. The molecule has 8 nitrogen and oxygen atoms in total. The molecule has 1 amide bonds. The van der Waals surface area contributed by atoms with Crippen molar-refractivity contribution in [3.05, 3.63) is 34.9 Å². The van der Waals surface area contributed by atoms with E-state index in [1.165, 1.54) is 9.08 Å². The number of likely N-dealkylation sites (tertiary alicyclic amines) is 1. The highest BCUT2D eigenvalue weighted by Crippen LogP contribution is 2.17. The second-order valence-corrected chi connectivity index (χ2v) is 6.75. The Hall–Kier alpha value is -2.19. The van der Waals surface area contributed by atoms with Gasteiger partial charge in [-0.2, -0.15) is 0 Å². The Morgan fingerprint density at radius 3 is 2.88 bits per heavy atom. The van der Waals surface area contributed by atoms with Crippen LogP contribution in [0.5, 0.6) is 0 Å². The zero-order valence-electron chi connectivity index (χ0n) is 14.3. The van der Waals surface area contributed by atoms with Gasteiger partial charge in [-0.25, -0.2) is 9.48 Å². The Kier molecular flexibility index (Phi) is 4.54. The molecule has 0 saturated carbocycles. The van der Waals surface area contributed by atoms with Crippen molar-refractivity contribution in [2.75, 3.05) is 39.3 Å². The van der Waals surface area contributed by atoms with Gasteiger partial charge in [0.1, 0.15) is 0 Å². The van der Waals surface area contributed by atoms with Crippen LogP contribution in [0.2, 0.25) is 0 Å². The van der Waals surface area contributed by atoms with E-state index in [0.29, 0.717) is 24.7 Å². The highest BCUT2D eigenvalue weighted by molar-refractivity contribution is 5.76. The first-order valence-corrected chi connectivity index (χ1v) is 8.99. The summed E-state index contributed by atoms with van der Waals surface area (Å²) < 4.78 is 2.89. The molecule has 0 aromatic carbocycles. The van der Waals surface area contributed by atoms with Crippen molar-refractivity contribution in [3.63, 3.8) is 0 Å². The minimum absolute atomic E-state index is 0.113. The zero-order chi connectivity index (χ0) is 17.2. The maximum Gasteiger partial charge on any atom is 0.350 e. The molecule has 1 unspecified atom stereocenters. The molecule has 0 bridgehead atoms. The van der Waals surface area contributed by atoms with Crippen molar-refractivity contribution < 1.29 is 4.79 Å². The number of pyridine rings is 1. The van der Waals surface area contributed by atoms with Gasteiger partial charge >= 0.3 is 5.69 Å². The molecule has 25 heavy (non-hydrogen) atoms. The van der Waals surface area contributed by atoms with E-state index in [1.54, 1.807) is 18.3 Å². The van der Waals surface area contributed by atoms with E-state index in [0.717, 1.165) is 45.7 Å². The van der Waals surface area contributed by atoms with Gasteiger partial charge in [-0.3, -0.25) is 14.1 Å². The first kappa shape index (κ1) is 16.3. The molecule has 1 N–H and O–H groups in total. The number of piperazine rings is 1. The van der Waals surface area contributed by atoms with E-state index >= 15 is 0 Å².